The van der Waals surface area contributed by atoms with E-state index in [2.05, 4.69) is 19.8 Å². The number of H-pyrrole nitrogens is 1. The zero-order valence-electron chi connectivity index (χ0n) is 14.5. The summed E-state index contributed by atoms with van der Waals surface area (Å²) < 4.78 is 0. The van der Waals surface area contributed by atoms with Gasteiger partial charge in [-0.3, -0.25) is 15.0 Å². The molecular formula is C19H21N5O2. The van der Waals surface area contributed by atoms with Crippen LogP contribution in [0.2, 0.25) is 0 Å². The van der Waals surface area contributed by atoms with Crippen molar-refractivity contribution >= 4 is 22.7 Å². The van der Waals surface area contributed by atoms with Gasteiger partial charge in [0.15, 0.2) is 0 Å². The molecule has 0 unspecified atom stereocenters. The molecule has 0 bridgehead atoms. The number of non-ortho nitro benzene ring substituents is 1. The van der Waals surface area contributed by atoms with Gasteiger partial charge in [-0.15, -0.1) is 0 Å². The van der Waals surface area contributed by atoms with E-state index in [0.717, 1.165) is 61.7 Å². The second kappa shape index (κ2) is 7.13. The van der Waals surface area contributed by atoms with Gasteiger partial charge >= 0.3 is 0 Å². The van der Waals surface area contributed by atoms with Crippen LogP contribution in [-0.4, -0.2) is 52.5 Å². The Morgan fingerprint density at radius 2 is 1.77 bits per heavy atom. The minimum absolute atomic E-state index is 0.146. The SMILES string of the molecule is O=[N+]([O-])c1ccc(CCN2CCN(c3nc4ccccc4[nH]3)CC2)cc1. The summed E-state index contributed by atoms with van der Waals surface area (Å²) in [4.78, 5) is 23.1. The first-order valence-corrected chi connectivity index (χ1v) is 8.84. The molecule has 2 heterocycles. The van der Waals surface area contributed by atoms with Crippen LogP contribution in [0.5, 0.6) is 0 Å². The number of aromatic nitrogens is 2. The molecule has 3 aromatic rings. The van der Waals surface area contributed by atoms with Crippen LogP contribution in [0.25, 0.3) is 11.0 Å². The Morgan fingerprint density at radius 1 is 1.04 bits per heavy atom. The molecule has 7 nitrogen and oxygen atoms in total. The molecule has 1 aliphatic rings. The topological polar surface area (TPSA) is 78.3 Å². The molecule has 0 amide bonds. The van der Waals surface area contributed by atoms with Crippen molar-refractivity contribution in [3.63, 3.8) is 0 Å². The quantitative estimate of drug-likeness (QED) is 0.565. The number of imidazole rings is 1. The fraction of sp³-hybridized carbons (Fsp3) is 0.316. The third-order valence-electron chi connectivity index (χ3n) is 4.91. The summed E-state index contributed by atoms with van der Waals surface area (Å²) in [5.74, 6) is 0.946. The molecule has 1 saturated heterocycles. The smallest absolute Gasteiger partial charge is 0.269 e. The molecule has 0 spiro atoms. The molecule has 0 atom stereocenters. The fourth-order valence-electron chi connectivity index (χ4n) is 3.34. The van der Waals surface area contributed by atoms with Gasteiger partial charge < -0.3 is 9.88 Å². The van der Waals surface area contributed by atoms with Gasteiger partial charge in [0.05, 0.1) is 16.0 Å². The van der Waals surface area contributed by atoms with E-state index in [1.54, 1.807) is 12.1 Å². The maximum Gasteiger partial charge on any atom is 0.269 e. The van der Waals surface area contributed by atoms with E-state index < -0.39 is 0 Å². The van der Waals surface area contributed by atoms with Crippen molar-refractivity contribution < 1.29 is 4.92 Å². The molecule has 0 radical (unpaired) electrons. The lowest BCUT2D eigenvalue weighted by atomic mass is 10.1. The van der Waals surface area contributed by atoms with Crippen molar-refractivity contribution in [2.45, 2.75) is 6.42 Å². The van der Waals surface area contributed by atoms with Crippen molar-refractivity contribution in [3.8, 4) is 0 Å². The highest BCUT2D eigenvalue weighted by Gasteiger charge is 2.19. The van der Waals surface area contributed by atoms with Crippen LogP contribution < -0.4 is 4.90 Å². The summed E-state index contributed by atoms with van der Waals surface area (Å²) in [6.45, 7) is 4.83. The molecule has 0 saturated carbocycles. The molecule has 2 aromatic carbocycles. The van der Waals surface area contributed by atoms with Gasteiger partial charge in [0.1, 0.15) is 0 Å². The predicted octanol–water partition coefficient (Wildman–Crippen LogP) is 2.84. The molecular weight excluding hydrogens is 330 g/mol. The van der Waals surface area contributed by atoms with Crippen LogP contribution in [0.15, 0.2) is 48.5 Å². The molecule has 1 fully saturated rings. The highest BCUT2D eigenvalue weighted by atomic mass is 16.6. The Kier molecular flexibility index (Phi) is 4.53. The zero-order valence-corrected chi connectivity index (χ0v) is 14.5. The highest BCUT2D eigenvalue weighted by Crippen LogP contribution is 2.18. The Bertz CT molecular complexity index is 865. The zero-order chi connectivity index (χ0) is 17.9. The second-order valence-corrected chi connectivity index (χ2v) is 6.58. The normalized spacial score (nSPS) is 15.5. The number of piperazine rings is 1. The largest absolute Gasteiger partial charge is 0.340 e. The summed E-state index contributed by atoms with van der Waals surface area (Å²) in [7, 11) is 0. The van der Waals surface area contributed by atoms with Gasteiger partial charge in [0.25, 0.3) is 5.69 Å². The number of nitro benzene ring substituents is 1. The van der Waals surface area contributed by atoms with Gasteiger partial charge in [0.2, 0.25) is 5.95 Å². The predicted molar refractivity (Wildman–Crippen MR) is 102 cm³/mol. The monoisotopic (exact) mass is 351 g/mol. The number of rotatable bonds is 5. The van der Waals surface area contributed by atoms with Crippen molar-refractivity contribution in [2.24, 2.45) is 0 Å². The van der Waals surface area contributed by atoms with Crippen molar-refractivity contribution in [2.75, 3.05) is 37.6 Å². The van der Waals surface area contributed by atoms with E-state index in [9.17, 15) is 10.1 Å². The average molecular weight is 351 g/mol. The Morgan fingerprint density at radius 3 is 2.46 bits per heavy atom. The Hall–Kier alpha value is -2.93. The first-order chi connectivity index (χ1) is 12.7. The van der Waals surface area contributed by atoms with E-state index in [1.165, 1.54) is 0 Å². The first kappa shape index (κ1) is 16.5. The molecule has 26 heavy (non-hydrogen) atoms. The van der Waals surface area contributed by atoms with E-state index in [-0.39, 0.29) is 10.6 Å². The summed E-state index contributed by atoms with van der Waals surface area (Å²) in [6, 6.07) is 14.9. The summed E-state index contributed by atoms with van der Waals surface area (Å²) in [5.41, 5.74) is 3.36. The third kappa shape index (κ3) is 3.52. The van der Waals surface area contributed by atoms with E-state index in [0.29, 0.717) is 0 Å². The number of hydrogen-bond acceptors (Lipinski definition) is 5. The van der Waals surface area contributed by atoms with E-state index in [1.807, 2.05) is 36.4 Å². The van der Waals surface area contributed by atoms with Gasteiger partial charge in [-0.05, 0) is 24.1 Å². The summed E-state index contributed by atoms with van der Waals surface area (Å²) >= 11 is 0. The van der Waals surface area contributed by atoms with Crippen LogP contribution in [0, 0.1) is 10.1 Å². The molecule has 7 heteroatoms. The maximum absolute atomic E-state index is 10.7. The molecule has 134 valence electrons. The van der Waals surface area contributed by atoms with Gasteiger partial charge in [-0.25, -0.2) is 4.98 Å². The average Bonchev–Trinajstić information content (AvgIpc) is 3.11. The molecule has 0 aliphatic carbocycles. The number of benzene rings is 2. The Balaban J connectivity index is 1.30. The van der Waals surface area contributed by atoms with Crippen LogP contribution in [0.1, 0.15) is 5.56 Å². The number of aromatic amines is 1. The summed E-state index contributed by atoms with van der Waals surface area (Å²) in [6.07, 6.45) is 0.905. The maximum atomic E-state index is 10.7. The van der Waals surface area contributed by atoms with Crippen LogP contribution in [0.4, 0.5) is 11.6 Å². The number of anilines is 1. The highest BCUT2D eigenvalue weighted by molar-refractivity contribution is 5.77. The van der Waals surface area contributed by atoms with Crippen LogP contribution in [0.3, 0.4) is 0 Å². The van der Waals surface area contributed by atoms with Gasteiger partial charge in [0, 0.05) is 44.9 Å². The van der Waals surface area contributed by atoms with Crippen LogP contribution in [-0.2, 0) is 6.42 Å². The number of nitro groups is 1. The molecule has 4 rings (SSSR count). The standard InChI is InChI=1S/C19H21N5O2/c25-24(26)16-7-5-15(6-8-16)9-10-22-11-13-23(14-12-22)19-20-17-3-1-2-4-18(17)21-19/h1-8H,9-14H2,(H,20,21). The van der Waals surface area contributed by atoms with Crippen molar-refractivity contribution in [3.05, 3.63) is 64.2 Å². The lowest BCUT2D eigenvalue weighted by molar-refractivity contribution is -0.384. The fourth-order valence-corrected chi connectivity index (χ4v) is 3.34. The molecule has 1 aromatic heterocycles. The molecule has 1 N–H and O–H groups in total. The van der Waals surface area contributed by atoms with Gasteiger partial charge in [-0.2, -0.15) is 0 Å². The third-order valence-corrected chi connectivity index (χ3v) is 4.91. The second-order valence-electron chi connectivity index (χ2n) is 6.58. The lowest BCUT2D eigenvalue weighted by Crippen LogP contribution is -2.47. The van der Waals surface area contributed by atoms with E-state index >= 15 is 0 Å². The minimum Gasteiger partial charge on any atom is -0.340 e. The number of para-hydroxylation sites is 2. The molecule has 1 aliphatic heterocycles. The van der Waals surface area contributed by atoms with Gasteiger partial charge in [-0.1, -0.05) is 24.3 Å². The minimum atomic E-state index is -0.360. The van der Waals surface area contributed by atoms with Crippen molar-refractivity contribution in [1.29, 1.82) is 0 Å². The number of nitrogens with zero attached hydrogens (tertiary/aromatic N) is 4. The van der Waals surface area contributed by atoms with E-state index in [4.69, 9.17) is 0 Å². The first-order valence-electron chi connectivity index (χ1n) is 8.84. The number of hydrogen-bond donors (Lipinski definition) is 1. The lowest BCUT2D eigenvalue weighted by Gasteiger charge is -2.34. The number of nitrogens with one attached hydrogen (secondary N) is 1. The Labute approximate surface area is 151 Å². The summed E-state index contributed by atoms with van der Waals surface area (Å²) in [5, 5.41) is 10.7. The number of fused-ring (bicyclic) bond motifs is 1. The van der Waals surface area contributed by atoms with Crippen LogP contribution >= 0.6 is 0 Å². The van der Waals surface area contributed by atoms with Crippen molar-refractivity contribution in [1.82, 2.24) is 14.9 Å².